The van der Waals surface area contributed by atoms with Crippen molar-refractivity contribution in [1.29, 1.82) is 0 Å². The van der Waals surface area contributed by atoms with Gasteiger partial charge in [0, 0.05) is 11.3 Å². The molecule has 1 aliphatic carbocycles. The van der Waals surface area contributed by atoms with E-state index in [9.17, 15) is 18.0 Å². The molecule has 0 bridgehead atoms. The number of hydrogen-bond acceptors (Lipinski definition) is 2. The second-order valence-electron chi connectivity index (χ2n) is 6.75. The van der Waals surface area contributed by atoms with E-state index in [0.29, 0.717) is 24.3 Å². The third-order valence-electron chi connectivity index (χ3n) is 4.63. The second-order valence-corrected chi connectivity index (χ2v) is 6.75. The van der Waals surface area contributed by atoms with Gasteiger partial charge in [-0.25, -0.2) is 9.52 Å². The highest BCUT2D eigenvalue weighted by Crippen LogP contribution is 2.37. The van der Waals surface area contributed by atoms with Crippen LogP contribution in [-0.4, -0.2) is 10.4 Å². The number of benzene rings is 1. The average Bonchev–Trinajstić information content (AvgIpc) is 2.63. The van der Waals surface area contributed by atoms with Crippen molar-refractivity contribution in [1.82, 2.24) is 4.68 Å². The monoisotopic (exact) mass is 373 g/mol. The molecule has 27 heavy (non-hydrogen) atoms. The second kappa shape index (κ2) is 7.39. The lowest BCUT2D eigenvalue weighted by atomic mass is 9.89. The molecule has 0 aliphatic heterocycles. The number of alkyl halides is 3. The summed E-state index contributed by atoms with van der Waals surface area (Å²) in [5.74, 6) is 0.406. The van der Waals surface area contributed by atoms with Gasteiger partial charge in [0.2, 0.25) is 0 Å². The van der Waals surface area contributed by atoms with E-state index >= 15 is 0 Å². The van der Waals surface area contributed by atoms with Crippen molar-refractivity contribution in [2.75, 3.05) is 0 Å². The molecule has 1 atom stereocenters. The van der Waals surface area contributed by atoms with Crippen molar-refractivity contribution in [2.45, 2.75) is 38.8 Å². The number of rotatable bonds is 2. The maximum atomic E-state index is 13.4. The fourth-order valence-corrected chi connectivity index (χ4v) is 3.32. The van der Waals surface area contributed by atoms with E-state index in [1.165, 1.54) is 0 Å². The van der Waals surface area contributed by atoms with E-state index in [1.807, 2.05) is 0 Å². The maximum absolute atomic E-state index is 13.4. The van der Waals surface area contributed by atoms with Gasteiger partial charge in [0.15, 0.2) is 0 Å². The van der Waals surface area contributed by atoms with Crippen LogP contribution in [0.1, 0.15) is 38.2 Å². The molecule has 1 aliphatic rings. The van der Waals surface area contributed by atoms with Crippen molar-refractivity contribution >= 4 is 11.4 Å². The van der Waals surface area contributed by atoms with Crippen LogP contribution in [0.2, 0.25) is 0 Å². The Kier molecular flexibility index (Phi) is 5.17. The largest absolute Gasteiger partial charge is 0.407 e. The molecule has 1 aromatic carbocycles. The van der Waals surface area contributed by atoms with Gasteiger partial charge in [0.25, 0.3) is 11.2 Å². The Labute approximate surface area is 154 Å². The van der Waals surface area contributed by atoms with Gasteiger partial charge >= 0.3 is 6.18 Å². The highest BCUT2D eigenvalue weighted by atomic mass is 19.4. The Balaban J connectivity index is 2.29. The van der Waals surface area contributed by atoms with Gasteiger partial charge in [0.05, 0.1) is 17.8 Å². The molecule has 0 unspecified atom stereocenters. The zero-order valence-corrected chi connectivity index (χ0v) is 14.8. The van der Waals surface area contributed by atoms with E-state index < -0.39 is 23.0 Å². The van der Waals surface area contributed by atoms with E-state index in [-0.39, 0.29) is 5.69 Å². The number of aromatic nitrogens is 1. The first-order chi connectivity index (χ1) is 12.8. The molecular weight excluding hydrogens is 355 g/mol. The fourth-order valence-electron chi connectivity index (χ4n) is 3.32. The first-order valence-electron chi connectivity index (χ1n) is 8.68. The molecule has 0 radical (unpaired) electrons. The van der Waals surface area contributed by atoms with Gasteiger partial charge in [-0.05, 0) is 37.7 Å². The summed E-state index contributed by atoms with van der Waals surface area (Å²) in [5.41, 5.74) is -1.98. The molecule has 140 valence electrons. The molecule has 4 nitrogen and oxygen atoms in total. The normalized spacial score (nSPS) is 19.1. The van der Waals surface area contributed by atoms with Crippen molar-refractivity contribution in [2.24, 2.45) is 11.0 Å². The van der Waals surface area contributed by atoms with Gasteiger partial charge in [-0.1, -0.05) is 37.3 Å². The molecular formula is C20H18F3N3O. The molecule has 0 spiro atoms. The standard InChI is InChI=1S/C20H18F3N3O/c1-13-7-6-10-15(11-13)25-26-17(14-8-4-3-5-9-14)12-16(20(21,22)23)18(24-2)19(26)27/h3-5,8-9,12-13H,6-7,10-11H2,1H3/b25-15+/t13-/m1/s1. The van der Waals surface area contributed by atoms with Crippen LogP contribution in [0.4, 0.5) is 18.9 Å². The van der Waals surface area contributed by atoms with Gasteiger partial charge in [-0.3, -0.25) is 4.79 Å². The highest BCUT2D eigenvalue weighted by molar-refractivity contribution is 5.85. The Morgan fingerprint density at radius 2 is 1.96 bits per heavy atom. The number of pyridine rings is 1. The zero-order valence-electron chi connectivity index (χ0n) is 14.8. The van der Waals surface area contributed by atoms with Gasteiger partial charge in [0.1, 0.15) is 0 Å². The van der Waals surface area contributed by atoms with Crippen LogP contribution in [0.3, 0.4) is 0 Å². The van der Waals surface area contributed by atoms with Crippen molar-refractivity contribution in [3.63, 3.8) is 0 Å². The Hall–Kier alpha value is -2.88. The van der Waals surface area contributed by atoms with Crippen LogP contribution < -0.4 is 5.56 Å². The molecule has 1 fully saturated rings. The van der Waals surface area contributed by atoms with Crippen LogP contribution in [0, 0.1) is 12.5 Å². The minimum Gasteiger partial charge on any atom is -0.281 e. The number of hydrogen-bond donors (Lipinski definition) is 0. The van der Waals surface area contributed by atoms with Crippen LogP contribution in [0.15, 0.2) is 46.3 Å². The lowest BCUT2D eigenvalue weighted by molar-refractivity contribution is -0.136. The molecule has 1 heterocycles. The molecule has 0 saturated heterocycles. The van der Waals surface area contributed by atoms with Crippen molar-refractivity contribution in [3.8, 4) is 11.3 Å². The summed E-state index contributed by atoms with van der Waals surface area (Å²) >= 11 is 0. The Bertz CT molecular complexity index is 969. The molecule has 1 aromatic heterocycles. The van der Waals surface area contributed by atoms with Crippen molar-refractivity contribution < 1.29 is 13.2 Å². The summed E-state index contributed by atoms with van der Waals surface area (Å²) in [6.45, 7) is 9.17. The summed E-state index contributed by atoms with van der Waals surface area (Å²) in [7, 11) is 0. The number of nitrogens with zero attached hydrogens (tertiary/aromatic N) is 3. The molecule has 0 amide bonds. The van der Waals surface area contributed by atoms with Crippen LogP contribution in [-0.2, 0) is 6.18 Å². The highest BCUT2D eigenvalue weighted by Gasteiger charge is 2.36. The van der Waals surface area contributed by atoms with Gasteiger partial charge < -0.3 is 0 Å². The smallest absolute Gasteiger partial charge is 0.281 e. The predicted octanol–water partition coefficient (Wildman–Crippen LogP) is 5.50. The van der Waals surface area contributed by atoms with Crippen molar-refractivity contribution in [3.05, 3.63) is 63.7 Å². The molecule has 1 saturated carbocycles. The van der Waals surface area contributed by atoms with E-state index in [0.717, 1.165) is 29.3 Å². The van der Waals surface area contributed by atoms with E-state index in [4.69, 9.17) is 6.57 Å². The molecule has 2 aromatic rings. The summed E-state index contributed by atoms with van der Waals surface area (Å²) < 4.78 is 41.2. The molecule has 7 heteroatoms. The third-order valence-corrected chi connectivity index (χ3v) is 4.63. The van der Waals surface area contributed by atoms with E-state index in [2.05, 4.69) is 16.9 Å². The first kappa shape index (κ1) is 18.9. The van der Waals surface area contributed by atoms with Crippen LogP contribution in [0.25, 0.3) is 16.1 Å². The average molecular weight is 373 g/mol. The van der Waals surface area contributed by atoms with Crippen LogP contribution >= 0.6 is 0 Å². The Morgan fingerprint density at radius 3 is 2.56 bits per heavy atom. The van der Waals surface area contributed by atoms with Crippen LogP contribution in [0.5, 0.6) is 0 Å². The summed E-state index contributed by atoms with van der Waals surface area (Å²) in [6.07, 6.45) is -1.44. The Morgan fingerprint density at radius 1 is 1.26 bits per heavy atom. The molecule has 3 rings (SSSR count). The fraction of sp³-hybridized carbons (Fsp3) is 0.350. The quantitative estimate of drug-likeness (QED) is 0.641. The first-order valence-corrected chi connectivity index (χ1v) is 8.68. The maximum Gasteiger partial charge on any atom is 0.407 e. The van der Waals surface area contributed by atoms with E-state index in [1.54, 1.807) is 30.3 Å². The summed E-state index contributed by atoms with van der Waals surface area (Å²) in [4.78, 5) is 15.6. The molecule has 0 N–H and O–H groups in total. The predicted molar refractivity (Wildman–Crippen MR) is 97.9 cm³/mol. The summed E-state index contributed by atoms with van der Waals surface area (Å²) in [5, 5.41) is 4.39. The minimum atomic E-state index is -4.80. The van der Waals surface area contributed by atoms with Gasteiger partial charge in [-0.15, -0.1) is 0 Å². The minimum absolute atomic E-state index is 0.0334. The van der Waals surface area contributed by atoms with Gasteiger partial charge in [-0.2, -0.15) is 18.3 Å². The topological polar surface area (TPSA) is 38.7 Å². The summed E-state index contributed by atoms with van der Waals surface area (Å²) in [6, 6.07) is 9.17. The third kappa shape index (κ3) is 3.95. The zero-order chi connectivity index (χ0) is 19.6. The lowest BCUT2D eigenvalue weighted by Crippen LogP contribution is -2.24. The number of halogens is 3. The lowest BCUT2D eigenvalue weighted by Gasteiger charge is -2.21. The SMILES string of the molecule is [C-]#[N+]c1c(C(F)(F)F)cc(-c2ccccc2)n(/N=C2\CCC[C@@H](C)C2)c1=O.